The van der Waals surface area contributed by atoms with E-state index >= 15 is 0 Å². The molecule has 112 valence electrons. The maximum absolute atomic E-state index is 13.6. The number of rotatable bonds is 3. The van der Waals surface area contributed by atoms with Crippen LogP contribution in [0.15, 0.2) is 30.3 Å². The van der Waals surface area contributed by atoms with Gasteiger partial charge in [-0.15, -0.1) is 0 Å². The lowest BCUT2D eigenvalue weighted by Gasteiger charge is -2.21. The van der Waals surface area contributed by atoms with E-state index in [0.29, 0.717) is 0 Å². The van der Waals surface area contributed by atoms with Gasteiger partial charge in [0.1, 0.15) is 6.10 Å². The summed E-state index contributed by atoms with van der Waals surface area (Å²) < 4.78 is 66.4. The Morgan fingerprint density at radius 2 is 1.19 bits per heavy atom. The van der Waals surface area contributed by atoms with Crippen LogP contribution in [0, 0.1) is 29.1 Å². The molecule has 3 N–H and O–H groups in total. The number of benzene rings is 2. The summed E-state index contributed by atoms with van der Waals surface area (Å²) in [6.07, 6.45) is -2.09. The molecule has 21 heavy (non-hydrogen) atoms. The molecule has 0 aliphatic heterocycles. The highest BCUT2D eigenvalue weighted by molar-refractivity contribution is 5.30. The van der Waals surface area contributed by atoms with Gasteiger partial charge in [0, 0.05) is 0 Å². The van der Waals surface area contributed by atoms with Gasteiger partial charge in [-0.2, -0.15) is 0 Å². The molecule has 0 radical (unpaired) electrons. The molecule has 0 amide bonds. The van der Waals surface area contributed by atoms with Crippen LogP contribution in [0.1, 0.15) is 23.3 Å². The predicted octanol–water partition coefficient (Wildman–Crippen LogP) is 3.12. The van der Waals surface area contributed by atoms with E-state index in [1.165, 1.54) is 12.1 Å². The van der Waals surface area contributed by atoms with Crippen molar-refractivity contribution in [1.82, 2.24) is 0 Å². The number of nitrogens with two attached hydrogens (primary N) is 1. The average Bonchev–Trinajstić information content (AvgIpc) is 2.51. The molecule has 2 atom stereocenters. The highest BCUT2D eigenvalue weighted by atomic mass is 19.2. The molecule has 2 aromatic rings. The summed E-state index contributed by atoms with van der Waals surface area (Å²) in [4.78, 5) is 0. The Balaban J connectivity index is 2.52. The lowest BCUT2D eigenvalue weighted by Crippen LogP contribution is -2.23. The third-order valence-electron chi connectivity index (χ3n) is 3.06. The minimum atomic E-state index is -2.28. The van der Waals surface area contributed by atoms with Gasteiger partial charge in [-0.05, 0) is 5.56 Å². The minimum absolute atomic E-state index is 0.286. The summed E-state index contributed by atoms with van der Waals surface area (Å²) in [6, 6.07) is 6.32. The molecular weight excluding hydrogens is 293 g/mol. The molecule has 2 nitrogen and oxygen atoms in total. The van der Waals surface area contributed by atoms with Gasteiger partial charge in [0.2, 0.25) is 5.82 Å². The van der Waals surface area contributed by atoms with Gasteiger partial charge in [-0.3, -0.25) is 0 Å². The molecular formula is C14H10F5NO. The Bertz CT molecular complexity index is 633. The normalized spacial score (nSPS) is 14.0. The van der Waals surface area contributed by atoms with Crippen molar-refractivity contribution in [2.45, 2.75) is 12.1 Å². The van der Waals surface area contributed by atoms with E-state index in [1.54, 1.807) is 18.2 Å². The van der Waals surface area contributed by atoms with Crippen LogP contribution in [0.25, 0.3) is 0 Å². The summed E-state index contributed by atoms with van der Waals surface area (Å²) in [5.41, 5.74) is 4.57. The van der Waals surface area contributed by atoms with Crippen LogP contribution in [0.2, 0.25) is 0 Å². The molecule has 0 heterocycles. The van der Waals surface area contributed by atoms with Gasteiger partial charge in [0.05, 0.1) is 11.6 Å². The maximum atomic E-state index is 13.6. The van der Waals surface area contributed by atoms with E-state index in [-0.39, 0.29) is 5.56 Å². The van der Waals surface area contributed by atoms with Crippen LogP contribution in [0.5, 0.6) is 0 Å². The van der Waals surface area contributed by atoms with E-state index in [4.69, 9.17) is 5.73 Å². The molecule has 0 saturated carbocycles. The second-order valence-corrected chi connectivity index (χ2v) is 4.36. The lowest BCUT2D eigenvalue weighted by molar-refractivity contribution is 0.134. The Kier molecular flexibility index (Phi) is 4.24. The molecule has 0 fully saturated rings. The van der Waals surface area contributed by atoms with Gasteiger partial charge in [-0.25, -0.2) is 22.0 Å². The summed E-state index contributed by atoms with van der Waals surface area (Å²) in [6.45, 7) is 0. The Morgan fingerprint density at radius 1 is 0.762 bits per heavy atom. The first kappa shape index (κ1) is 15.4. The first-order valence-electron chi connectivity index (χ1n) is 5.86. The Labute approximate surface area is 116 Å². The van der Waals surface area contributed by atoms with E-state index in [0.717, 1.165) is 0 Å². The standard InChI is InChI=1S/C14H10F5NO/c15-8-7(9(16)11(18)12(19)10(8)17)14(21)13(20)6-4-2-1-3-5-6/h1-5,13-14,21H,20H2/t13-,14-/m1/s1. The van der Waals surface area contributed by atoms with Gasteiger partial charge < -0.3 is 10.8 Å². The minimum Gasteiger partial charge on any atom is -0.386 e. The summed E-state index contributed by atoms with van der Waals surface area (Å²) in [5, 5.41) is 9.88. The zero-order valence-corrected chi connectivity index (χ0v) is 10.5. The largest absolute Gasteiger partial charge is 0.386 e. The first-order chi connectivity index (χ1) is 9.86. The number of hydrogen-bond acceptors (Lipinski definition) is 2. The topological polar surface area (TPSA) is 46.2 Å². The van der Waals surface area contributed by atoms with Crippen molar-refractivity contribution in [3.8, 4) is 0 Å². The maximum Gasteiger partial charge on any atom is 0.200 e. The summed E-state index contributed by atoms with van der Waals surface area (Å²) in [7, 11) is 0. The fourth-order valence-corrected chi connectivity index (χ4v) is 1.92. The molecule has 7 heteroatoms. The number of hydrogen-bond donors (Lipinski definition) is 2. The van der Waals surface area contributed by atoms with Crippen LogP contribution in [0.3, 0.4) is 0 Å². The molecule has 0 spiro atoms. The molecule has 2 rings (SSSR count). The molecule has 0 bridgehead atoms. The van der Waals surface area contributed by atoms with Crippen molar-refractivity contribution >= 4 is 0 Å². The van der Waals surface area contributed by atoms with Crippen molar-refractivity contribution in [2.75, 3.05) is 0 Å². The third-order valence-corrected chi connectivity index (χ3v) is 3.06. The van der Waals surface area contributed by atoms with Gasteiger partial charge >= 0.3 is 0 Å². The van der Waals surface area contributed by atoms with Crippen molar-refractivity contribution < 1.29 is 27.1 Å². The molecule has 0 aromatic heterocycles. The van der Waals surface area contributed by atoms with Crippen molar-refractivity contribution in [3.63, 3.8) is 0 Å². The van der Waals surface area contributed by atoms with Crippen molar-refractivity contribution in [2.24, 2.45) is 5.73 Å². The van der Waals surface area contributed by atoms with Crippen molar-refractivity contribution in [3.05, 3.63) is 70.5 Å². The fraction of sp³-hybridized carbons (Fsp3) is 0.143. The highest BCUT2D eigenvalue weighted by Crippen LogP contribution is 2.33. The predicted molar refractivity (Wildman–Crippen MR) is 64.6 cm³/mol. The van der Waals surface area contributed by atoms with Crippen LogP contribution in [0.4, 0.5) is 22.0 Å². The highest BCUT2D eigenvalue weighted by Gasteiger charge is 2.32. The molecule has 2 aromatic carbocycles. The zero-order valence-electron chi connectivity index (χ0n) is 10.5. The number of halogens is 5. The zero-order chi connectivity index (χ0) is 15.7. The average molecular weight is 303 g/mol. The van der Waals surface area contributed by atoms with Crippen LogP contribution < -0.4 is 5.73 Å². The molecule has 0 unspecified atom stereocenters. The lowest BCUT2D eigenvalue weighted by atomic mass is 9.95. The molecule has 0 aliphatic rings. The van der Waals surface area contributed by atoms with E-state index in [9.17, 15) is 27.1 Å². The quantitative estimate of drug-likeness (QED) is 0.520. The van der Waals surface area contributed by atoms with E-state index in [2.05, 4.69) is 0 Å². The second-order valence-electron chi connectivity index (χ2n) is 4.36. The smallest absolute Gasteiger partial charge is 0.200 e. The third kappa shape index (κ3) is 2.62. The number of aliphatic hydroxyl groups is 1. The van der Waals surface area contributed by atoms with E-state index in [1.807, 2.05) is 0 Å². The van der Waals surface area contributed by atoms with E-state index < -0.39 is 46.8 Å². The van der Waals surface area contributed by atoms with Gasteiger partial charge in [0.15, 0.2) is 23.3 Å². The van der Waals surface area contributed by atoms with Crippen LogP contribution in [-0.2, 0) is 0 Å². The van der Waals surface area contributed by atoms with Crippen LogP contribution in [-0.4, -0.2) is 5.11 Å². The monoisotopic (exact) mass is 303 g/mol. The van der Waals surface area contributed by atoms with Crippen molar-refractivity contribution in [1.29, 1.82) is 0 Å². The fourth-order valence-electron chi connectivity index (χ4n) is 1.92. The number of aliphatic hydroxyl groups excluding tert-OH is 1. The SMILES string of the molecule is N[C@H](c1ccccc1)[C@H](O)c1c(F)c(F)c(F)c(F)c1F. The van der Waals surface area contributed by atoms with Gasteiger partial charge in [0.25, 0.3) is 0 Å². The molecule has 0 saturated heterocycles. The first-order valence-corrected chi connectivity index (χ1v) is 5.86. The Morgan fingerprint density at radius 3 is 1.67 bits per heavy atom. The summed E-state index contributed by atoms with van der Waals surface area (Å²) in [5.74, 6) is -10.7. The second kappa shape index (κ2) is 5.79. The van der Waals surface area contributed by atoms with Crippen LogP contribution >= 0.6 is 0 Å². The summed E-state index contributed by atoms with van der Waals surface area (Å²) >= 11 is 0. The Hall–Kier alpha value is -1.99. The van der Waals surface area contributed by atoms with Gasteiger partial charge in [-0.1, -0.05) is 30.3 Å². The molecule has 0 aliphatic carbocycles.